The molecule has 0 saturated carbocycles. The van der Waals surface area contributed by atoms with E-state index in [0.29, 0.717) is 22.2 Å². The first kappa shape index (κ1) is 14.2. The first-order chi connectivity index (χ1) is 9.10. The second-order valence-corrected chi connectivity index (χ2v) is 5.63. The highest BCUT2D eigenvalue weighted by atomic mass is 79.9. The van der Waals surface area contributed by atoms with Crippen molar-refractivity contribution in [3.8, 4) is 6.07 Å². The Bertz CT molecular complexity index is 650. The third-order valence-corrected chi connectivity index (χ3v) is 3.74. The molecular formula is C14H9BrCl2N2. The van der Waals surface area contributed by atoms with Gasteiger partial charge < -0.3 is 5.32 Å². The minimum absolute atomic E-state index is 0.521. The van der Waals surface area contributed by atoms with Gasteiger partial charge in [0.15, 0.2) is 0 Å². The minimum atomic E-state index is 0.521. The molecule has 0 unspecified atom stereocenters. The molecule has 19 heavy (non-hydrogen) atoms. The zero-order valence-electron chi connectivity index (χ0n) is 9.75. The maximum absolute atomic E-state index is 8.77. The Kier molecular flexibility index (Phi) is 4.71. The van der Waals surface area contributed by atoms with E-state index in [2.05, 4.69) is 21.2 Å². The maximum Gasteiger partial charge on any atom is 0.0992 e. The molecule has 0 atom stereocenters. The topological polar surface area (TPSA) is 35.8 Å². The lowest BCUT2D eigenvalue weighted by Crippen LogP contribution is -2.00. The van der Waals surface area contributed by atoms with Crippen LogP contribution in [0.2, 0.25) is 10.0 Å². The van der Waals surface area contributed by atoms with Crippen molar-refractivity contribution in [3.05, 3.63) is 62.0 Å². The third-order valence-electron chi connectivity index (χ3n) is 2.58. The quantitative estimate of drug-likeness (QED) is 0.817. The summed E-state index contributed by atoms with van der Waals surface area (Å²) in [6.45, 7) is 0.567. The van der Waals surface area contributed by atoms with E-state index in [4.69, 9.17) is 28.5 Å². The lowest BCUT2D eigenvalue weighted by Gasteiger charge is -2.10. The Hall–Kier alpha value is -1.21. The van der Waals surface area contributed by atoms with E-state index in [1.165, 1.54) is 0 Å². The average Bonchev–Trinajstić information content (AvgIpc) is 2.39. The van der Waals surface area contributed by atoms with Gasteiger partial charge in [-0.05, 0) is 35.9 Å². The van der Waals surface area contributed by atoms with Crippen LogP contribution in [0.15, 0.2) is 40.9 Å². The van der Waals surface area contributed by atoms with Crippen molar-refractivity contribution in [1.82, 2.24) is 0 Å². The lowest BCUT2D eigenvalue weighted by atomic mass is 10.2. The van der Waals surface area contributed by atoms with Gasteiger partial charge in [-0.3, -0.25) is 0 Å². The van der Waals surface area contributed by atoms with Crippen LogP contribution in [0.3, 0.4) is 0 Å². The molecule has 0 bridgehead atoms. The fourth-order valence-corrected chi connectivity index (χ4v) is 2.57. The van der Waals surface area contributed by atoms with Gasteiger partial charge in [0.2, 0.25) is 0 Å². The second kappa shape index (κ2) is 6.29. The summed E-state index contributed by atoms with van der Waals surface area (Å²) in [6.07, 6.45) is 0. The largest absolute Gasteiger partial charge is 0.380 e. The zero-order valence-corrected chi connectivity index (χ0v) is 12.9. The standard InChI is InChI=1S/C14H9BrCl2N2/c15-11-3-2-10(12(16)6-11)8-19-14-4-1-9(7-18)5-13(14)17/h1-6,19H,8H2. The van der Waals surface area contributed by atoms with Crippen molar-refractivity contribution in [2.45, 2.75) is 6.54 Å². The molecular weight excluding hydrogens is 347 g/mol. The van der Waals surface area contributed by atoms with Crippen LogP contribution >= 0.6 is 39.1 Å². The predicted molar refractivity (Wildman–Crippen MR) is 82.6 cm³/mol. The van der Waals surface area contributed by atoms with E-state index in [9.17, 15) is 0 Å². The normalized spacial score (nSPS) is 10.0. The summed E-state index contributed by atoms with van der Waals surface area (Å²) in [5.74, 6) is 0. The molecule has 1 N–H and O–H groups in total. The minimum Gasteiger partial charge on any atom is -0.380 e. The number of nitrogens with zero attached hydrogens (tertiary/aromatic N) is 1. The molecule has 0 aromatic heterocycles. The number of anilines is 1. The summed E-state index contributed by atoms with van der Waals surface area (Å²) < 4.78 is 0.942. The van der Waals surface area contributed by atoms with Crippen molar-refractivity contribution >= 4 is 44.8 Å². The van der Waals surface area contributed by atoms with Crippen LogP contribution in [0.1, 0.15) is 11.1 Å². The number of benzene rings is 2. The molecule has 0 aliphatic carbocycles. The van der Waals surface area contributed by atoms with Gasteiger partial charge in [-0.1, -0.05) is 45.2 Å². The molecule has 0 fully saturated rings. The molecule has 5 heteroatoms. The molecule has 0 spiro atoms. The molecule has 0 heterocycles. The summed E-state index contributed by atoms with van der Waals surface area (Å²) in [7, 11) is 0. The van der Waals surface area contributed by atoms with Gasteiger partial charge in [-0.15, -0.1) is 0 Å². The Balaban J connectivity index is 2.13. The Morgan fingerprint density at radius 2 is 1.89 bits per heavy atom. The molecule has 96 valence electrons. The van der Waals surface area contributed by atoms with Gasteiger partial charge in [-0.25, -0.2) is 0 Å². The van der Waals surface area contributed by atoms with Crippen LogP contribution in [0.4, 0.5) is 5.69 Å². The van der Waals surface area contributed by atoms with E-state index >= 15 is 0 Å². The predicted octanol–water partition coefficient (Wildman–Crippen LogP) is 5.24. The highest BCUT2D eigenvalue weighted by Gasteiger charge is 2.04. The second-order valence-electron chi connectivity index (χ2n) is 3.90. The van der Waals surface area contributed by atoms with Crippen molar-refractivity contribution in [3.63, 3.8) is 0 Å². The molecule has 2 rings (SSSR count). The van der Waals surface area contributed by atoms with Crippen LogP contribution in [0.5, 0.6) is 0 Å². The fraction of sp³-hybridized carbons (Fsp3) is 0.0714. The first-order valence-corrected chi connectivity index (χ1v) is 7.02. The van der Waals surface area contributed by atoms with Crippen molar-refractivity contribution in [2.75, 3.05) is 5.32 Å². The van der Waals surface area contributed by atoms with Gasteiger partial charge >= 0.3 is 0 Å². The Labute approximate surface area is 130 Å². The van der Waals surface area contributed by atoms with Gasteiger partial charge in [0.05, 0.1) is 22.3 Å². The molecule has 0 amide bonds. The lowest BCUT2D eigenvalue weighted by molar-refractivity contribution is 1.15. The summed E-state index contributed by atoms with van der Waals surface area (Å²) in [5, 5.41) is 13.2. The first-order valence-electron chi connectivity index (χ1n) is 5.47. The molecule has 0 aliphatic heterocycles. The van der Waals surface area contributed by atoms with Crippen LogP contribution < -0.4 is 5.32 Å². The van der Waals surface area contributed by atoms with Gasteiger partial charge in [0.1, 0.15) is 0 Å². The number of nitrogens with one attached hydrogen (secondary N) is 1. The number of halogens is 3. The van der Waals surface area contributed by atoms with E-state index in [0.717, 1.165) is 15.7 Å². The maximum atomic E-state index is 8.77. The van der Waals surface area contributed by atoms with Crippen LogP contribution in [-0.2, 0) is 6.54 Å². The molecule has 0 aliphatic rings. The fourth-order valence-electron chi connectivity index (χ4n) is 1.58. The molecule has 0 saturated heterocycles. The summed E-state index contributed by atoms with van der Waals surface area (Å²) >= 11 is 15.6. The molecule has 2 aromatic rings. The summed E-state index contributed by atoms with van der Waals surface area (Å²) in [5.41, 5.74) is 2.29. The van der Waals surface area contributed by atoms with Crippen molar-refractivity contribution in [2.24, 2.45) is 0 Å². The molecule has 2 nitrogen and oxygen atoms in total. The molecule has 0 radical (unpaired) electrons. The number of hydrogen-bond donors (Lipinski definition) is 1. The number of rotatable bonds is 3. The van der Waals surface area contributed by atoms with E-state index in [1.807, 2.05) is 24.3 Å². The SMILES string of the molecule is N#Cc1ccc(NCc2ccc(Br)cc2Cl)c(Cl)c1. The van der Waals surface area contributed by atoms with Gasteiger partial charge in [-0.2, -0.15) is 5.26 Å². The van der Waals surface area contributed by atoms with Crippen LogP contribution in [-0.4, -0.2) is 0 Å². The highest BCUT2D eigenvalue weighted by Crippen LogP contribution is 2.26. The van der Waals surface area contributed by atoms with Crippen LogP contribution in [0.25, 0.3) is 0 Å². The van der Waals surface area contributed by atoms with Gasteiger partial charge in [0.25, 0.3) is 0 Å². The van der Waals surface area contributed by atoms with E-state index in [1.54, 1.807) is 18.2 Å². The Morgan fingerprint density at radius 3 is 2.53 bits per heavy atom. The van der Waals surface area contributed by atoms with Crippen molar-refractivity contribution < 1.29 is 0 Å². The third kappa shape index (κ3) is 3.63. The monoisotopic (exact) mass is 354 g/mol. The molecule has 2 aromatic carbocycles. The smallest absolute Gasteiger partial charge is 0.0992 e. The number of hydrogen-bond acceptors (Lipinski definition) is 2. The van der Waals surface area contributed by atoms with Crippen molar-refractivity contribution in [1.29, 1.82) is 5.26 Å². The van der Waals surface area contributed by atoms with E-state index < -0.39 is 0 Å². The highest BCUT2D eigenvalue weighted by molar-refractivity contribution is 9.10. The Morgan fingerprint density at radius 1 is 1.11 bits per heavy atom. The van der Waals surface area contributed by atoms with E-state index in [-0.39, 0.29) is 0 Å². The van der Waals surface area contributed by atoms with Crippen LogP contribution in [0, 0.1) is 11.3 Å². The van der Waals surface area contributed by atoms with Gasteiger partial charge in [0, 0.05) is 16.0 Å². The zero-order chi connectivity index (χ0) is 13.8. The number of nitriles is 1. The summed E-state index contributed by atoms with van der Waals surface area (Å²) in [4.78, 5) is 0. The average molecular weight is 356 g/mol. The summed E-state index contributed by atoms with van der Waals surface area (Å²) in [6, 6.07) is 12.9.